The minimum atomic E-state index is -0.147. The van der Waals surface area contributed by atoms with E-state index < -0.39 is 0 Å². The highest BCUT2D eigenvalue weighted by atomic mass is 15.0. The molecule has 0 radical (unpaired) electrons. The van der Waals surface area contributed by atoms with Gasteiger partial charge in [0.05, 0.1) is 40.0 Å². The minimum absolute atomic E-state index is 0.147. The summed E-state index contributed by atoms with van der Waals surface area (Å²) in [6.07, 6.45) is 0. The molecule has 14 rings (SSSR count). The van der Waals surface area contributed by atoms with E-state index in [-0.39, 0.29) is 21.7 Å². The summed E-state index contributed by atoms with van der Waals surface area (Å²) in [4.78, 5) is 20.8. The molecule has 3 aromatic heterocycles. The first-order chi connectivity index (χ1) is 44.0. The molecule has 0 amide bonds. The molecule has 0 unspecified atom stereocenters. The van der Waals surface area contributed by atoms with E-state index in [1.165, 1.54) is 27.8 Å². The average Bonchev–Trinajstić information content (AvgIpc) is 1.54. The molecule has 14 aromatic rings. The molecule has 92 heavy (non-hydrogen) atoms. The molecule has 0 spiro atoms. The molecule has 6 nitrogen and oxygen atoms in total. The fourth-order valence-electron chi connectivity index (χ4n) is 13.1. The zero-order valence-electron chi connectivity index (χ0n) is 54.8. The Morgan fingerprint density at radius 1 is 0.272 bits per heavy atom. The number of benzene rings is 11. The molecular weight excluding hydrogens is 1120 g/mol. The summed E-state index contributed by atoms with van der Waals surface area (Å²) in [7, 11) is 0. The van der Waals surface area contributed by atoms with Crippen LogP contribution in [-0.4, -0.2) is 24.1 Å². The van der Waals surface area contributed by atoms with Crippen LogP contribution in [0.5, 0.6) is 0 Å². The Bertz CT molecular complexity index is 5100. The van der Waals surface area contributed by atoms with Crippen molar-refractivity contribution in [2.24, 2.45) is 0 Å². The van der Waals surface area contributed by atoms with E-state index in [2.05, 4.69) is 322 Å². The second-order valence-electron chi connectivity index (χ2n) is 28.9. The molecule has 0 saturated carbocycles. The number of para-hydroxylation sites is 2. The third-order valence-electron chi connectivity index (χ3n) is 18.4. The van der Waals surface area contributed by atoms with E-state index in [1.807, 2.05) is 18.2 Å². The molecule has 0 atom stereocenters. The summed E-state index contributed by atoms with van der Waals surface area (Å²) in [5, 5.41) is 4.63. The molecule has 0 fully saturated rings. The Balaban J connectivity index is 1.10. The first kappa shape index (κ1) is 59.2. The summed E-state index contributed by atoms with van der Waals surface area (Å²) < 4.78 is 4.91. The van der Waals surface area contributed by atoms with Gasteiger partial charge in [-0.05, 0) is 168 Å². The van der Waals surface area contributed by atoms with Gasteiger partial charge in [0.25, 0.3) is 0 Å². The largest absolute Gasteiger partial charge is 0.309 e. The standard InChI is InChI=1S/C86H76N6/c1-83(2,3)63-43-61(44-64(52-63)84(4,5)6)81-88-80(89-82(90-81)62-45-65(85(7,8)9)53-66(46-62)86(10,11)12)60-38-42-77(91-74-33-22-20-31-68(74)71-48-57(36-40-76(71)91)54-25-16-14-17-26-54)73(50-60)70-39-35-59(56-29-24-30-67(47-56)87-13)51-79(70)92-75-34-23-21-32-69(75)72-49-58(37-41-78(72)92)55-27-18-15-19-28-55/h14-53H,1-12H3. The van der Waals surface area contributed by atoms with Gasteiger partial charge >= 0.3 is 0 Å². The lowest BCUT2D eigenvalue weighted by Crippen LogP contribution is -2.17. The second kappa shape index (κ2) is 22.5. The van der Waals surface area contributed by atoms with Crippen LogP contribution in [0.2, 0.25) is 0 Å². The zero-order chi connectivity index (χ0) is 64.0. The van der Waals surface area contributed by atoms with Crippen LogP contribution in [0.25, 0.3) is 139 Å². The van der Waals surface area contributed by atoms with Crippen LogP contribution >= 0.6 is 0 Å². The van der Waals surface area contributed by atoms with Crippen molar-refractivity contribution in [3.05, 3.63) is 276 Å². The number of hydrogen-bond donors (Lipinski definition) is 0. The van der Waals surface area contributed by atoms with E-state index in [9.17, 15) is 0 Å². The van der Waals surface area contributed by atoms with Crippen LogP contribution in [0.1, 0.15) is 105 Å². The number of nitrogens with zero attached hydrogens (tertiary/aromatic N) is 6. The van der Waals surface area contributed by atoms with Gasteiger partial charge in [-0.1, -0.05) is 235 Å². The Hall–Kier alpha value is -10.5. The van der Waals surface area contributed by atoms with Crippen LogP contribution in [0.3, 0.4) is 0 Å². The highest BCUT2D eigenvalue weighted by Crippen LogP contribution is 2.46. The fourth-order valence-corrected chi connectivity index (χ4v) is 13.1. The van der Waals surface area contributed by atoms with Gasteiger partial charge in [-0.15, -0.1) is 0 Å². The summed E-state index contributed by atoms with van der Waals surface area (Å²) in [5.41, 5.74) is 22.5. The minimum Gasteiger partial charge on any atom is -0.309 e. The predicted molar refractivity (Wildman–Crippen MR) is 388 cm³/mol. The van der Waals surface area contributed by atoms with Crippen molar-refractivity contribution in [2.45, 2.75) is 105 Å². The van der Waals surface area contributed by atoms with Gasteiger partial charge in [0, 0.05) is 49.4 Å². The number of hydrogen-bond acceptors (Lipinski definition) is 3. The van der Waals surface area contributed by atoms with Crippen molar-refractivity contribution >= 4 is 49.3 Å². The summed E-state index contributed by atoms with van der Waals surface area (Å²) in [5.74, 6) is 1.81. The van der Waals surface area contributed by atoms with Gasteiger partial charge in [0.1, 0.15) is 0 Å². The van der Waals surface area contributed by atoms with Crippen LogP contribution in [0.15, 0.2) is 243 Å². The highest BCUT2D eigenvalue weighted by Gasteiger charge is 2.28. The molecule has 6 heteroatoms. The SMILES string of the molecule is [C-]#[N+]c1cccc(-c2ccc(-c3cc(-c4nc(-c5cc(C(C)(C)C)cc(C(C)(C)C)c5)nc(-c5cc(C(C)(C)C)cc(C(C)(C)C)c5)n4)ccc3-n3c4ccccc4c4cc(-c5ccccc5)ccc43)c(-n3c4ccccc4c4cc(-c5ccccc5)ccc43)c2)c1. The Labute approximate surface area is 541 Å². The number of rotatable bonds is 9. The quantitative estimate of drug-likeness (QED) is 0.135. The van der Waals surface area contributed by atoms with Crippen molar-refractivity contribution in [1.82, 2.24) is 24.1 Å². The first-order valence-corrected chi connectivity index (χ1v) is 32.1. The third kappa shape index (κ3) is 11.0. The maximum absolute atomic E-state index is 8.08. The number of aromatic nitrogens is 5. The van der Waals surface area contributed by atoms with Crippen molar-refractivity contribution in [1.29, 1.82) is 0 Å². The van der Waals surface area contributed by atoms with Crippen molar-refractivity contribution < 1.29 is 0 Å². The number of fused-ring (bicyclic) bond motifs is 6. The topological polar surface area (TPSA) is 52.9 Å². The van der Waals surface area contributed by atoms with Crippen molar-refractivity contribution in [2.75, 3.05) is 0 Å². The van der Waals surface area contributed by atoms with Gasteiger partial charge in [0.15, 0.2) is 23.2 Å². The Morgan fingerprint density at radius 3 is 1.12 bits per heavy atom. The van der Waals surface area contributed by atoms with E-state index in [1.54, 1.807) is 0 Å². The molecule has 11 aromatic carbocycles. The monoisotopic (exact) mass is 1190 g/mol. The summed E-state index contributed by atoms with van der Waals surface area (Å²) in [6.45, 7) is 35.5. The molecule has 0 N–H and O–H groups in total. The smallest absolute Gasteiger partial charge is 0.187 e. The highest BCUT2D eigenvalue weighted by molar-refractivity contribution is 6.13. The maximum atomic E-state index is 8.08. The lowest BCUT2D eigenvalue weighted by Gasteiger charge is -2.26. The fraction of sp³-hybridized carbons (Fsp3) is 0.186. The van der Waals surface area contributed by atoms with Gasteiger partial charge in [-0.25, -0.2) is 19.8 Å². The van der Waals surface area contributed by atoms with Gasteiger partial charge in [-0.3, -0.25) is 0 Å². The predicted octanol–water partition coefficient (Wildman–Crippen LogP) is 23.5. The molecule has 450 valence electrons. The molecule has 0 aliphatic carbocycles. The Morgan fingerprint density at radius 2 is 0.652 bits per heavy atom. The molecule has 0 saturated heterocycles. The van der Waals surface area contributed by atoms with E-state index in [0.29, 0.717) is 23.2 Å². The Kier molecular flexibility index (Phi) is 14.5. The van der Waals surface area contributed by atoms with Gasteiger partial charge < -0.3 is 9.13 Å². The summed E-state index contributed by atoms with van der Waals surface area (Å²) in [6, 6.07) is 88.2. The normalized spacial score (nSPS) is 12.3. The summed E-state index contributed by atoms with van der Waals surface area (Å²) >= 11 is 0. The maximum Gasteiger partial charge on any atom is 0.187 e. The lowest BCUT2D eigenvalue weighted by molar-refractivity contribution is 0.568. The van der Waals surface area contributed by atoms with E-state index in [4.69, 9.17) is 21.5 Å². The van der Waals surface area contributed by atoms with Crippen LogP contribution in [0.4, 0.5) is 5.69 Å². The molecular formula is C86H76N6. The lowest BCUT2D eigenvalue weighted by atomic mass is 9.79. The van der Waals surface area contributed by atoms with E-state index >= 15 is 0 Å². The first-order valence-electron chi connectivity index (χ1n) is 32.1. The molecule has 0 bridgehead atoms. The molecule has 3 heterocycles. The molecule has 0 aliphatic heterocycles. The zero-order valence-corrected chi connectivity index (χ0v) is 54.8. The van der Waals surface area contributed by atoms with Crippen LogP contribution in [-0.2, 0) is 21.7 Å². The van der Waals surface area contributed by atoms with Crippen LogP contribution in [0, 0.1) is 6.57 Å². The van der Waals surface area contributed by atoms with Crippen LogP contribution < -0.4 is 0 Å². The van der Waals surface area contributed by atoms with E-state index in [0.717, 1.165) is 111 Å². The average molecular weight is 1190 g/mol. The van der Waals surface area contributed by atoms with Crippen molar-refractivity contribution in [3.8, 4) is 90.0 Å². The van der Waals surface area contributed by atoms with Gasteiger partial charge in [0.2, 0.25) is 0 Å². The van der Waals surface area contributed by atoms with Crippen molar-refractivity contribution in [3.63, 3.8) is 0 Å². The van der Waals surface area contributed by atoms with Gasteiger partial charge in [-0.2, -0.15) is 0 Å². The third-order valence-corrected chi connectivity index (χ3v) is 18.4. The molecule has 0 aliphatic rings. The second-order valence-corrected chi connectivity index (χ2v) is 28.9.